The molecule has 0 spiro atoms. The van der Waals surface area contributed by atoms with E-state index in [2.05, 4.69) is 11.5 Å². The van der Waals surface area contributed by atoms with E-state index in [0.29, 0.717) is 5.75 Å². The smallest absolute Gasteiger partial charge is 0.181 e. The maximum atomic E-state index is 9.29. The zero-order chi connectivity index (χ0) is 11.8. The van der Waals surface area contributed by atoms with Crippen LogP contribution in [0.4, 0.5) is 0 Å². The third-order valence-corrected chi connectivity index (χ3v) is 2.99. The summed E-state index contributed by atoms with van der Waals surface area (Å²) in [6.45, 7) is 5.35. The topological polar surface area (TPSA) is 24.1 Å². The first kappa shape index (κ1) is 13.0. The van der Waals surface area contributed by atoms with Gasteiger partial charge in [0.2, 0.25) is 0 Å². The van der Waals surface area contributed by atoms with E-state index < -0.39 is 0 Å². The Hall–Kier alpha value is -1.05. The Labute approximate surface area is 98.9 Å². The maximum Gasteiger partial charge on any atom is 0.181 e. The minimum atomic E-state index is 0.358. The average Bonchev–Trinajstić information content (AvgIpc) is 2.26. The molecular weight excluding hydrogens is 198 g/mol. The normalized spacial score (nSPS) is 10.6. The molecule has 1 aromatic heterocycles. The average molecular weight is 222 g/mol. The second-order valence-electron chi connectivity index (χ2n) is 4.49. The van der Waals surface area contributed by atoms with Crippen molar-refractivity contribution in [1.29, 1.82) is 0 Å². The summed E-state index contributed by atoms with van der Waals surface area (Å²) in [4.78, 5) is 0. The van der Waals surface area contributed by atoms with E-state index in [1.807, 2.05) is 19.2 Å². The van der Waals surface area contributed by atoms with Crippen molar-refractivity contribution in [3.8, 4) is 5.75 Å². The van der Waals surface area contributed by atoms with Crippen LogP contribution in [-0.2, 0) is 6.54 Å². The molecule has 1 N–H and O–H groups in total. The predicted molar refractivity (Wildman–Crippen MR) is 66.4 cm³/mol. The highest BCUT2D eigenvalue weighted by atomic mass is 16.3. The summed E-state index contributed by atoms with van der Waals surface area (Å²) < 4.78 is 2.21. The van der Waals surface area contributed by atoms with Gasteiger partial charge in [0.1, 0.15) is 12.3 Å². The summed E-state index contributed by atoms with van der Waals surface area (Å²) in [6.07, 6.45) is 9.92. The van der Waals surface area contributed by atoms with E-state index >= 15 is 0 Å². The summed E-state index contributed by atoms with van der Waals surface area (Å²) in [7, 11) is 0. The first-order valence-electron chi connectivity index (χ1n) is 6.43. The van der Waals surface area contributed by atoms with Gasteiger partial charge in [-0.3, -0.25) is 0 Å². The van der Waals surface area contributed by atoms with Crippen LogP contribution in [0.15, 0.2) is 18.3 Å². The first-order chi connectivity index (χ1) is 7.74. The monoisotopic (exact) mass is 222 g/mol. The molecule has 0 saturated heterocycles. The molecule has 0 unspecified atom stereocenters. The highest BCUT2D eigenvalue weighted by molar-refractivity contribution is 5.16. The van der Waals surface area contributed by atoms with Crippen LogP contribution in [0, 0.1) is 6.92 Å². The number of nitrogens with zero attached hydrogens (tertiary/aromatic N) is 1. The van der Waals surface area contributed by atoms with Crippen LogP contribution in [0.2, 0.25) is 0 Å². The van der Waals surface area contributed by atoms with Gasteiger partial charge in [-0.25, -0.2) is 4.57 Å². The molecule has 1 heterocycles. The van der Waals surface area contributed by atoms with Gasteiger partial charge in [0.05, 0.1) is 0 Å². The van der Waals surface area contributed by atoms with Crippen molar-refractivity contribution >= 4 is 0 Å². The Morgan fingerprint density at radius 2 is 1.81 bits per heavy atom. The second kappa shape index (κ2) is 7.26. The molecule has 2 heteroatoms. The molecule has 0 aliphatic rings. The fourth-order valence-corrected chi connectivity index (χ4v) is 1.94. The Kier molecular flexibility index (Phi) is 5.91. The zero-order valence-corrected chi connectivity index (χ0v) is 10.6. The molecule has 0 aliphatic heterocycles. The molecule has 0 atom stereocenters. The van der Waals surface area contributed by atoms with E-state index in [0.717, 1.165) is 12.2 Å². The van der Waals surface area contributed by atoms with E-state index in [4.69, 9.17) is 0 Å². The van der Waals surface area contributed by atoms with Crippen molar-refractivity contribution in [2.75, 3.05) is 0 Å². The number of pyridine rings is 1. The molecule has 16 heavy (non-hydrogen) atoms. The molecule has 0 amide bonds. The molecule has 0 saturated carbocycles. The lowest BCUT2D eigenvalue weighted by atomic mass is 10.1. The van der Waals surface area contributed by atoms with Gasteiger partial charge in [-0.15, -0.1) is 0 Å². The van der Waals surface area contributed by atoms with Gasteiger partial charge < -0.3 is 5.11 Å². The van der Waals surface area contributed by atoms with Crippen molar-refractivity contribution < 1.29 is 9.67 Å². The molecule has 1 aromatic rings. The summed E-state index contributed by atoms with van der Waals surface area (Å²) in [5, 5.41) is 9.29. The molecule has 90 valence electrons. The number of aromatic hydroxyl groups is 1. The summed E-state index contributed by atoms with van der Waals surface area (Å²) in [6, 6.07) is 3.57. The summed E-state index contributed by atoms with van der Waals surface area (Å²) in [5.74, 6) is 0.358. The SMILES string of the molecule is CCCCCCCC[n+]1ccc(O)cc1C. The standard InChI is InChI=1S/C14H23NO/c1-3-4-5-6-7-8-10-15-11-9-14(16)12-13(15)2/h9,11-12H,3-8,10H2,1-2H3/p+1. The van der Waals surface area contributed by atoms with Crippen LogP contribution in [0.25, 0.3) is 0 Å². The van der Waals surface area contributed by atoms with Gasteiger partial charge in [-0.05, 0) is 6.42 Å². The van der Waals surface area contributed by atoms with Crippen LogP contribution in [0.1, 0.15) is 51.1 Å². The number of aromatic nitrogens is 1. The second-order valence-corrected chi connectivity index (χ2v) is 4.49. The Morgan fingerprint density at radius 1 is 1.12 bits per heavy atom. The van der Waals surface area contributed by atoms with Crippen LogP contribution in [0.3, 0.4) is 0 Å². The van der Waals surface area contributed by atoms with Gasteiger partial charge in [-0.1, -0.05) is 32.6 Å². The highest BCUT2D eigenvalue weighted by Gasteiger charge is 2.05. The fourth-order valence-electron chi connectivity index (χ4n) is 1.94. The van der Waals surface area contributed by atoms with Crippen molar-refractivity contribution in [1.82, 2.24) is 0 Å². The van der Waals surface area contributed by atoms with Crippen molar-refractivity contribution in [2.24, 2.45) is 0 Å². The third kappa shape index (κ3) is 4.65. The molecule has 0 aliphatic carbocycles. The third-order valence-electron chi connectivity index (χ3n) is 2.99. The Morgan fingerprint density at radius 3 is 2.50 bits per heavy atom. The number of rotatable bonds is 7. The maximum absolute atomic E-state index is 9.29. The van der Waals surface area contributed by atoms with Crippen LogP contribution >= 0.6 is 0 Å². The lowest BCUT2D eigenvalue weighted by Gasteiger charge is -2.01. The Balaban J connectivity index is 2.21. The van der Waals surface area contributed by atoms with Gasteiger partial charge in [0.25, 0.3) is 0 Å². The van der Waals surface area contributed by atoms with Crippen molar-refractivity contribution in [2.45, 2.75) is 58.9 Å². The molecule has 0 bridgehead atoms. The van der Waals surface area contributed by atoms with Crippen molar-refractivity contribution in [3.63, 3.8) is 0 Å². The number of unbranched alkanes of at least 4 members (excludes halogenated alkanes) is 5. The molecule has 2 nitrogen and oxygen atoms in total. The lowest BCUT2D eigenvalue weighted by Crippen LogP contribution is -2.36. The molecule has 0 aromatic carbocycles. The van der Waals surface area contributed by atoms with Gasteiger partial charge in [0.15, 0.2) is 11.9 Å². The summed E-state index contributed by atoms with van der Waals surface area (Å²) >= 11 is 0. The molecule has 0 fully saturated rings. The minimum absolute atomic E-state index is 0.358. The number of aryl methyl sites for hydroxylation is 2. The van der Waals surface area contributed by atoms with E-state index in [-0.39, 0.29) is 0 Å². The summed E-state index contributed by atoms with van der Waals surface area (Å²) in [5.41, 5.74) is 1.13. The zero-order valence-electron chi connectivity index (χ0n) is 10.6. The quantitative estimate of drug-likeness (QED) is 0.555. The fraction of sp³-hybridized carbons (Fsp3) is 0.643. The number of hydrogen-bond acceptors (Lipinski definition) is 1. The van der Waals surface area contributed by atoms with E-state index in [1.165, 1.54) is 38.5 Å². The van der Waals surface area contributed by atoms with E-state index in [9.17, 15) is 5.11 Å². The number of hydrogen-bond donors (Lipinski definition) is 1. The van der Waals surface area contributed by atoms with Crippen molar-refractivity contribution in [3.05, 3.63) is 24.0 Å². The minimum Gasteiger partial charge on any atom is -0.507 e. The first-order valence-corrected chi connectivity index (χ1v) is 6.43. The molecule has 0 radical (unpaired) electrons. The van der Waals surface area contributed by atoms with Gasteiger partial charge in [-0.2, -0.15) is 0 Å². The Bertz CT molecular complexity index is 310. The largest absolute Gasteiger partial charge is 0.507 e. The van der Waals surface area contributed by atoms with Crippen LogP contribution in [-0.4, -0.2) is 5.11 Å². The predicted octanol–water partition coefficient (Wildman–Crippen LogP) is 3.35. The molecule has 1 rings (SSSR count). The molecular formula is C14H24NO+. The van der Waals surface area contributed by atoms with Crippen LogP contribution < -0.4 is 4.57 Å². The van der Waals surface area contributed by atoms with E-state index in [1.54, 1.807) is 6.07 Å². The van der Waals surface area contributed by atoms with Crippen LogP contribution in [0.5, 0.6) is 5.75 Å². The highest BCUT2D eigenvalue weighted by Crippen LogP contribution is 2.07. The van der Waals surface area contributed by atoms with Gasteiger partial charge in [0, 0.05) is 25.5 Å². The van der Waals surface area contributed by atoms with Gasteiger partial charge >= 0.3 is 0 Å². The lowest BCUT2D eigenvalue weighted by molar-refractivity contribution is -0.703.